The topological polar surface area (TPSA) is 78.9 Å². The largest absolute Gasteiger partial charge is 0.474 e. The first kappa shape index (κ1) is 17.4. The fourth-order valence-electron chi connectivity index (χ4n) is 1.14. The van der Waals surface area contributed by atoms with Gasteiger partial charge in [-0.3, -0.25) is 13.6 Å². The average Bonchev–Trinajstić information content (AvgIpc) is 2.30. The number of rotatable bonds is 11. The molecule has 0 bridgehead atoms. The summed E-state index contributed by atoms with van der Waals surface area (Å²) in [7, 11) is -2.31. The third kappa shape index (κ3) is 9.48. The maximum absolute atomic E-state index is 11.8. The van der Waals surface area contributed by atoms with E-state index in [1.54, 1.807) is 0 Å². The van der Waals surface area contributed by atoms with Gasteiger partial charge in [-0.05, 0) is 26.7 Å². The van der Waals surface area contributed by atoms with Gasteiger partial charge in [0.05, 0.1) is 13.2 Å². The quantitative estimate of drug-likeness (QED) is 0.427. The third-order valence-electron chi connectivity index (χ3n) is 2.07. The standard InChI is InChI=1S/C11H21O6P/c1-10(12)6-4-8-16-18(14,15-3)17-9-5-7-11(2)13/h4-9H2,1-3H3. The first-order valence-corrected chi connectivity index (χ1v) is 7.29. The number of phosphoric acid groups is 1. The third-order valence-corrected chi connectivity index (χ3v) is 3.51. The number of hydrogen-bond acceptors (Lipinski definition) is 6. The summed E-state index contributed by atoms with van der Waals surface area (Å²) in [6.45, 7) is 3.23. The van der Waals surface area contributed by atoms with E-state index in [1.807, 2.05) is 0 Å². The molecule has 0 unspecified atom stereocenters. The summed E-state index contributed by atoms with van der Waals surface area (Å²) in [5.74, 6) is 0.0986. The molecule has 0 aromatic carbocycles. The van der Waals surface area contributed by atoms with Crippen molar-refractivity contribution in [2.45, 2.75) is 39.5 Å². The highest BCUT2D eigenvalue weighted by Crippen LogP contribution is 2.48. The number of hydrogen-bond donors (Lipinski definition) is 0. The zero-order chi connectivity index (χ0) is 14.0. The van der Waals surface area contributed by atoms with Gasteiger partial charge in [0, 0.05) is 20.0 Å². The normalized spacial score (nSPS) is 11.5. The van der Waals surface area contributed by atoms with E-state index >= 15 is 0 Å². The van der Waals surface area contributed by atoms with Crippen LogP contribution in [0.4, 0.5) is 0 Å². The highest BCUT2D eigenvalue weighted by molar-refractivity contribution is 7.48. The second kappa shape index (κ2) is 9.39. The Labute approximate surface area is 108 Å². The Bertz CT molecular complexity index is 289. The van der Waals surface area contributed by atoms with Crippen LogP contribution in [-0.4, -0.2) is 31.9 Å². The summed E-state index contributed by atoms with van der Waals surface area (Å²) in [5.41, 5.74) is 0. The van der Waals surface area contributed by atoms with E-state index in [4.69, 9.17) is 13.6 Å². The van der Waals surface area contributed by atoms with E-state index in [0.717, 1.165) is 0 Å². The lowest BCUT2D eigenvalue weighted by Crippen LogP contribution is -2.03. The molecule has 6 nitrogen and oxygen atoms in total. The number of Topliss-reactive ketones (excluding diaryl/α,β-unsaturated/α-hetero) is 2. The van der Waals surface area contributed by atoms with E-state index < -0.39 is 7.82 Å². The number of ketones is 2. The van der Waals surface area contributed by atoms with Crippen molar-refractivity contribution in [3.05, 3.63) is 0 Å². The Hall–Kier alpha value is -0.550. The molecule has 0 rings (SSSR count). The van der Waals surface area contributed by atoms with Crippen molar-refractivity contribution < 1.29 is 27.7 Å². The van der Waals surface area contributed by atoms with Crippen LogP contribution < -0.4 is 0 Å². The molecule has 18 heavy (non-hydrogen) atoms. The maximum Gasteiger partial charge on any atom is 0.474 e. The van der Waals surface area contributed by atoms with Gasteiger partial charge in [0.1, 0.15) is 11.6 Å². The van der Waals surface area contributed by atoms with Crippen LogP contribution in [0.1, 0.15) is 39.5 Å². The molecule has 0 radical (unpaired) electrons. The minimum absolute atomic E-state index is 0.0493. The fraction of sp³-hybridized carbons (Fsp3) is 0.818. The van der Waals surface area contributed by atoms with Crippen molar-refractivity contribution in [1.82, 2.24) is 0 Å². The number of phosphoric ester groups is 1. The van der Waals surface area contributed by atoms with Crippen LogP contribution >= 0.6 is 7.82 Å². The maximum atomic E-state index is 11.8. The number of carbonyl (C=O) groups is 2. The van der Waals surface area contributed by atoms with Crippen LogP contribution in [0.3, 0.4) is 0 Å². The van der Waals surface area contributed by atoms with Gasteiger partial charge in [-0.2, -0.15) is 0 Å². The first-order valence-electron chi connectivity index (χ1n) is 5.83. The summed E-state index contributed by atoms with van der Waals surface area (Å²) in [6.07, 6.45) is 1.68. The highest BCUT2D eigenvalue weighted by Gasteiger charge is 2.24. The highest BCUT2D eigenvalue weighted by atomic mass is 31.2. The summed E-state index contributed by atoms with van der Waals surface area (Å²) >= 11 is 0. The van der Waals surface area contributed by atoms with Gasteiger partial charge in [-0.25, -0.2) is 4.57 Å². The monoisotopic (exact) mass is 280 g/mol. The van der Waals surface area contributed by atoms with Crippen LogP contribution in [0.5, 0.6) is 0 Å². The Morgan fingerprint density at radius 3 is 1.61 bits per heavy atom. The van der Waals surface area contributed by atoms with Gasteiger partial charge < -0.3 is 9.59 Å². The van der Waals surface area contributed by atoms with E-state index in [-0.39, 0.29) is 24.8 Å². The molecule has 0 fully saturated rings. The van der Waals surface area contributed by atoms with Gasteiger partial charge in [0.2, 0.25) is 0 Å². The Morgan fingerprint density at radius 2 is 1.33 bits per heavy atom. The summed E-state index contributed by atoms with van der Waals surface area (Å²) in [5, 5.41) is 0. The molecule has 0 spiro atoms. The second-order valence-electron chi connectivity index (χ2n) is 3.91. The van der Waals surface area contributed by atoms with Crippen molar-refractivity contribution in [2.24, 2.45) is 0 Å². The minimum Gasteiger partial charge on any atom is -0.300 e. The van der Waals surface area contributed by atoms with E-state index in [9.17, 15) is 14.2 Å². The zero-order valence-corrected chi connectivity index (χ0v) is 12.0. The smallest absolute Gasteiger partial charge is 0.300 e. The summed E-state index contributed by atoms with van der Waals surface area (Å²) in [4.78, 5) is 21.4. The molecule has 106 valence electrons. The van der Waals surface area contributed by atoms with Crippen LogP contribution in [0.15, 0.2) is 0 Å². The zero-order valence-electron chi connectivity index (χ0n) is 11.1. The molecular weight excluding hydrogens is 259 g/mol. The van der Waals surface area contributed by atoms with E-state index in [1.165, 1.54) is 21.0 Å². The van der Waals surface area contributed by atoms with Crippen LogP contribution in [0.25, 0.3) is 0 Å². The van der Waals surface area contributed by atoms with E-state index in [2.05, 4.69) is 0 Å². The fourth-order valence-corrected chi connectivity index (χ4v) is 2.13. The molecule has 0 saturated carbocycles. The van der Waals surface area contributed by atoms with Crippen molar-refractivity contribution in [2.75, 3.05) is 20.3 Å². The predicted octanol–water partition coefficient (Wildman–Crippen LogP) is 2.51. The lowest BCUT2D eigenvalue weighted by Gasteiger charge is -2.15. The molecular formula is C11H21O6P. The van der Waals surface area contributed by atoms with Crippen LogP contribution in [0, 0.1) is 0 Å². The Morgan fingerprint density at radius 1 is 0.944 bits per heavy atom. The van der Waals surface area contributed by atoms with Crippen LogP contribution in [0.2, 0.25) is 0 Å². The predicted molar refractivity (Wildman–Crippen MR) is 66.3 cm³/mol. The SMILES string of the molecule is COP(=O)(OCCCC(C)=O)OCCCC(C)=O. The lowest BCUT2D eigenvalue weighted by atomic mass is 10.2. The summed E-state index contributed by atoms with van der Waals surface area (Å²) in [6, 6.07) is 0. The van der Waals surface area contributed by atoms with Crippen LogP contribution in [-0.2, 0) is 27.7 Å². The molecule has 0 aliphatic carbocycles. The molecule has 0 heterocycles. The molecule has 0 atom stereocenters. The second-order valence-corrected chi connectivity index (χ2v) is 5.68. The Kier molecular flexibility index (Phi) is 9.10. The van der Waals surface area contributed by atoms with Gasteiger partial charge in [-0.1, -0.05) is 0 Å². The van der Waals surface area contributed by atoms with Crippen molar-refractivity contribution in [1.29, 1.82) is 0 Å². The molecule has 0 aromatic heterocycles. The van der Waals surface area contributed by atoms with Crippen molar-refractivity contribution in [3.8, 4) is 0 Å². The van der Waals surface area contributed by atoms with Crippen molar-refractivity contribution >= 4 is 19.4 Å². The summed E-state index contributed by atoms with van der Waals surface area (Å²) < 4.78 is 26.5. The Balaban J connectivity index is 3.84. The minimum atomic E-state index is -3.54. The van der Waals surface area contributed by atoms with Gasteiger partial charge in [-0.15, -0.1) is 0 Å². The molecule has 0 aliphatic rings. The average molecular weight is 280 g/mol. The van der Waals surface area contributed by atoms with E-state index in [0.29, 0.717) is 25.7 Å². The molecule has 0 N–H and O–H groups in total. The number of carbonyl (C=O) groups excluding carboxylic acids is 2. The molecule has 0 aromatic rings. The van der Waals surface area contributed by atoms with Gasteiger partial charge >= 0.3 is 7.82 Å². The molecule has 7 heteroatoms. The molecule has 0 aliphatic heterocycles. The first-order chi connectivity index (χ1) is 8.39. The molecule has 0 amide bonds. The molecule has 0 saturated heterocycles. The van der Waals surface area contributed by atoms with Crippen molar-refractivity contribution in [3.63, 3.8) is 0 Å². The lowest BCUT2D eigenvalue weighted by molar-refractivity contribution is -0.118. The van der Waals surface area contributed by atoms with Gasteiger partial charge in [0.15, 0.2) is 0 Å². The van der Waals surface area contributed by atoms with Gasteiger partial charge in [0.25, 0.3) is 0 Å².